The number of anilines is 4. The Labute approximate surface area is 349 Å². The number of hydrogen-bond acceptors (Lipinski definition) is 6. The van der Waals surface area contributed by atoms with Gasteiger partial charge in [-0.3, -0.25) is 0 Å². The lowest BCUT2D eigenvalue weighted by Gasteiger charge is -2.37. The minimum absolute atomic E-state index is 0.0249. The van der Waals surface area contributed by atoms with Gasteiger partial charge in [0.05, 0.1) is 47.8 Å². The molecular formula is C42H30Cl4F4N8. The molecule has 0 N–H and O–H groups in total. The molecule has 8 rings (SSSR count). The zero-order valence-electron chi connectivity index (χ0n) is 30.7. The maximum absolute atomic E-state index is 16.1. The molecule has 0 saturated carbocycles. The first-order valence-corrected chi connectivity index (χ1v) is 19.6. The van der Waals surface area contributed by atoms with Gasteiger partial charge in [0.2, 0.25) is 0 Å². The number of nitrogens with zero attached hydrogens (tertiary/aromatic N) is 8. The van der Waals surface area contributed by atoms with Gasteiger partial charge in [0.25, 0.3) is 0 Å². The number of para-hydroxylation sites is 2. The van der Waals surface area contributed by atoms with Gasteiger partial charge in [-0.15, -0.1) is 0 Å². The number of halogens is 8. The molecule has 8 nitrogen and oxygen atoms in total. The molecule has 0 atom stereocenters. The molecular weight excluding hydrogens is 834 g/mol. The maximum atomic E-state index is 16.1. The van der Waals surface area contributed by atoms with Crippen LogP contribution in [-0.4, -0.2) is 29.1 Å². The van der Waals surface area contributed by atoms with Gasteiger partial charge in [-0.1, -0.05) is 78.5 Å². The standard InChI is InChI=1S/C42H30Cl4F4N8/c1-3-16-55-37-26(43)8-5-11-33(37)53-39(55)23-18-28(45)41(51-21-23)57(25-14-15-30(47)32(49)20-25)58(35-13-7-10-31(48)36(35)50)42-29(46)19-24(22-52-42)40-54-34-12-6-9-27(44)38(34)56(40)17-4-2/h5-15,18-22H,3-4,16-17H2,1-2H3. The predicted molar refractivity (Wildman–Crippen MR) is 224 cm³/mol. The third kappa shape index (κ3) is 6.97. The summed E-state index contributed by atoms with van der Waals surface area (Å²) in [5.41, 5.74) is 3.27. The van der Waals surface area contributed by atoms with Crippen LogP contribution in [0, 0.1) is 23.3 Å². The topological polar surface area (TPSA) is 67.9 Å². The van der Waals surface area contributed by atoms with Gasteiger partial charge in [-0.05, 0) is 73.5 Å². The molecule has 8 aromatic rings. The van der Waals surface area contributed by atoms with E-state index in [0.29, 0.717) is 56.9 Å². The van der Waals surface area contributed by atoms with E-state index in [2.05, 4.69) is 4.98 Å². The zero-order valence-corrected chi connectivity index (χ0v) is 33.7. The van der Waals surface area contributed by atoms with E-state index in [1.165, 1.54) is 35.6 Å². The number of fused-ring (bicyclic) bond motifs is 2. The first kappa shape index (κ1) is 39.4. The second kappa shape index (κ2) is 16.1. The van der Waals surface area contributed by atoms with Crippen LogP contribution in [0.4, 0.5) is 40.6 Å². The highest BCUT2D eigenvalue weighted by atomic mass is 35.5. The van der Waals surface area contributed by atoms with E-state index in [1.54, 1.807) is 36.4 Å². The quantitative estimate of drug-likeness (QED) is 0.0953. The van der Waals surface area contributed by atoms with Crippen molar-refractivity contribution in [2.45, 2.75) is 39.8 Å². The number of pyridine rings is 2. The molecule has 0 bridgehead atoms. The van der Waals surface area contributed by atoms with E-state index < -0.39 is 29.0 Å². The first-order chi connectivity index (χ1) is 28.0. The van der Waals surface area contributed by atoms with Crippen LogP contribution < -0.4 is 10.0 Å². The molecule has 294 valence electrons. The number of benzene rings is 4. The largest absolute Gasteiger partial charge is 0.323 e. The maximum Gasteiger partial charge on any atom is 0.184 e. The first-order valence-electron chi connectivity index (χ1n) is 18.1. The van der Waals surface area contributed by atoms with Crippen molar-refractivity contribution in [2.24, 2.45) is 0 Å². The molecule has 4 aromatic heterocycles. The zero-order chi connectivity index (χ0) is 40.8. The number of aromatic nitrogens is 6. The van der Waals surface area contributed by atoms with Crippen molar-refractivity contribution in [2.75, 3.05) is 10.0 Å². The third-order valence-electron chi connectivity index (χ3n) is 9.40. The highest BCUT2D eigenvalue weighted by Gasteiger charge is 2.32. The van der Waals surface area contributed by atoms with Crippen molar-refractivity contribution in [3.8, 4) is 22.8 Å². The SMILES string of the molecule is CCCn1c(-c2cnc(N(c3ccc(F)c(F)c3)N(c3cccc(F)c3F)c3ncc(-c4nc5cccc(Cl)c5n4CCC)cc3Cl)c(Cl)c2)nc2cccc(Cl)c21. The summed E-state index contributed by atoms with van der Waals surface area (Å²) in [4.78, 5) is 19.0. The third-order valence-corrected chi connectivity index (χ3v) is 10.6. The molecule has 0 unspecified atom stereocenters. The summed E-state index contributed by atoms with van der Waals surface area (Å²) in [6.07, 6.45) is 4.47. The van der Waals surface area contributed by atoms with Crippen molar-refractivity contribution < 1.29 is 17.6 Å². The van der Waals surface area contributed by atoms with E-state index in [-0.39, 0.29) is 27.4 Å². The molecule has 58 heavy (non-hydrogen) atoms. The smallest absolute Gasteiger partial charge is 0.184 e. The highest BCUT2D eigenvalue weighted by molar-refractivity contribution is 6.36. The fourth-order valence-corrected chi connectivity index (χ4v) is 7.98. The van der Waals surface area contributed by atoms with Crippen LogP contribution >= 0.6 is 46.4 Å². The van der Waals surface area contributed by atoms with E-state index >= 15 is 13.2 Å². The average molecular weight is 865 g/mol. The lowest BCUT2D eigenvalue weighted by atomic mass is 10.2. The van der Waals surface area contributed by atoms with Crippen LogP contribution in [0.1, 0.15) is 26.7 Å². The van der Waals surface area contributed by atoms with Gasteiger partial charge in [-0.25, -0.2) is 47.5 Å². The summed E-state index contributed by atoms with van der Waals surface area (Å²) in [6.45, 7) is 5.18. The monoisotopic (exact) mass is 862 g/mol. The van der Waals surface area contributed by atoms with E-state index in [4.69, 9.17) is 61.4 Å². The Kier molecular flexibility index (Phi) is 10.9. The molecule has 16 heteroatoms. The normalized spacial score (nSPS) is 11.6. The Balaban J connectivity index is 1.34. The molecule has 0 amide bonds. The van der Waals surface area contributed by atoms with Crippen LogP contribution in [0.3, 0.4) is 0 Å². The van der Waals surface area contributed by atoms with Gasteiger partial charge < -0.3 is 9.13 Å². The Bertz CT molecular complexity index is 2860. The van der Waals surface area contributed by atoms with Gasteiger partial charge in [-0.2, -0.15) is 0 Å². The summed E-state index contributed by atoms with van der Waals surface area (Å²) in [6, 6.07) is 20.5. The summed E-state index contributed by atoms with van der Waals surface area (Å²) >= 11 is 27.4. The molecule has 0 fully saturated rings. The average Bonchev–Trinajstić information content (AvgIpc) is 3.77. The molecule has 0 spiro atoms. The van der Waals surface area contributed by atoms with Gasteiger partial charge in [0.1, 0.15) is 17.3 Å². The van der Waals surface area contributed by atoms with Crippen LogP contribution in [0.5, 0.6) is 0 Å². The van der Waals surface area contributed by atoms with Crippen molar-refractivity contribution in [3.63, 3.8) is 0 Å². The van der Waals surface area contributed by atoms with Crippen LogP contribution in [0.25, 0.3) is 44.8 Å². The number of hydrazine groups is 1. The molecule has 4 heterocycles. The van der Waals surface area contributed by atoms with Crippen molar-refractivity contribution in [1.82, 2.24) is 29.1 Å². The van der Waals surface area contributed by atoms with E-state index in [0.717, 1.165) is 47.1 Å². The summed E-state index contributed by atoms with van der Waals surface area (Å²) in [7, 11) is 0. The second-order valence-electron chi connectivity index (χ2n) is 13.2. The van der Waals surface area contributed by atoms with E-state index in [1.807, 2.05) is 35.1 Å². The summed E-state index contributed by atoms with van der Waals surface area (Å²) in [5, 5.41) is 3.23. The predicted octanol–water partition coefficient (Wildman–Crippen LogP) is 13.4. The van der Waals surface area contributed by atoms with Crippen molar-refractivity contribution in [3.05, 3.63) is 141 Å². The van der Waals surface area contributed by atoms with Gasteiger partial charge in [0, 0.05) is 42.7 Å². The van der Waals surface area contributed by atoms with Crippen LogP contribution in [0.2, 0.25) is 20.1 Å². The van der Waals surface area contributed by atoms with Crippen LogP contribution in [-0.2, 0) is 13.1 Å². The lowest BCUT2D eigenvalue weighted by Crippen LogP contribution is -2.38. The van der Waals surface area contributed by atoms with Crippen LogP contribution in [0.15, 0.2) is 97.3 Å². The van der Waals surface area contributed by atoms with Crippen molar-refractivity contribution >= 4 is 91.5 Å². The number of hydrogen-bond donors (Lipinski definition) is 0. The minimum atomic E-state index is -1.30. The lowest BCUT2D eigenvalue weighted by molar-refractivity contribution is 0.506. The molecule has 0 aliphatic rings. The minimum Gasteiger partial charge on any atom is -0.323 e. The van der Waals surface area contributed by atoms with Crippen molar-refractivity contribution in [1.29, 1.82) is 0 Å². The van der Waals surface area contributed by atoms with E-state index in [9.17, 15) is 4.39 Å². The van der Waals surface area contributed by atoms with Gasteiger partial charge >= 0.3 is 0 Å². The Morgan fingerprint density at radius 1 is 0.552 bits per heavy atom. The van der Waals surface area contributed by atoms with Gasteiger partial charge in [0.15, 0.2) is 34.9 Å². The molecule has 0 aliphatic carbocycles. The Hall–Kier alpha value is -5.40. The molecule has 4 aromatic carbocycles. The summed E-state index contributed by atoms with van der Waals surface area (Å²) in [5.74, 6) is -4.08. The number of imidazole rings is 2. The highest BCUT2D eigenvalue weighted by Crippen LogP contribution is 2.44. The number of rotatable bonds is 11. The molecule has 0 saturated heterocycles. The molecule has 0 radical (unpaired) electrons. The Morgan fingerprint density at radius 2 is 1.07 bits per heavy atom. The number of aryl methyl sites for hydroxylation is 2. The molecule has 0 aliphatic heterocycles. The second-order valence-corrected chi connectivity index (χ2v) is 14.9. The fourth-order valence-electron chi connectivity index (χ4n) is 6.95. The Morgan fingerprint density at radius 3 is 1.57 bits per heavy atom. The fraction of sp³-hybridized carbons (Fsp3) is 0.143. The summed E-state index contributed by atoms with van der Waals surface area (Å²) < 4.78 is 64.8.